The van der Waals surface area contributed by atoms with Crippen molar-refractivity contribution in [3.05, 3.63) is 23.3 Å². The van der Waals surface area contributed by atoms with Gasteiger partial charge in [-0.1, -0.05) is 0 Å². The normalized spacial score (nSPS) is 22.9. The lowest BCUT2D eigenvalue weighted by Gasteiger charge is -2.16. The molecule has 1 aliphatic heterocycles. The summed E-state index contributed by atoms with van der Waals surface area (Å²) in [6, 6.07) is 0. The predicted molar refractivity (Wildman–Crippen MR) is 57.0 cm³/mol. The van der Waals surface area contributed by atoms with E-state index in [1.165, 1.54) is 17.0 Å². The third-order valence-corrected chi connectivity index (χ3v) is 3.94. The Bertz CT molecular complexity index is 374. The van der Waals surface area contributed by atoms with Gasteiger partial charge in [0.2, 0.25) is 0 Å². The summed E-state index contributed by atoms with van der Waals surface area (Å²) in [7, 11) is 0. The van der Waals surface area contributed by atoms with Gasteiger partial charge in [-0.05, 0) is 25.0 Å². The maximum Gasteiger partial charge on any atom is 0.148 e. The largest absolute Gasteiger partial charge is 0.319 e. The number of hydrogen-bond acceptors (Lipinski definition) is 4. The molecule has 1 saturated carbocycles. The van der Waals surface area contributed by atoms with Crippen LogP contribution >= 0.6 is 11.8 Å². The standard InChI is InChI=1S/C10H13N3S/c11-10(2-3-10)9-12-5-7-6-14-4-1-8(7)13-9/h5H,1-4,6,11H2. The molecule has 1 aliphatic carbocycles. The minimum absolute atomic E-state index is 0.181. The Morgan fingerprint density at radius 3 is 3.07 bits per heavy atom. The second-order valence-corrected chi connectivity index (χ2v) is 5.23. The molecule has 1 aromatic heterocycles. The van der Waals surface area contributed by atoms with Crippen LogP contribution in [0.2, 0.25) is 0 Å². The van der Waals surface area contributed by atoms with Crippen LogP contribution < -0.4 is 5.73 Å². The molecule has 0 spiro atoms. The number of nitrogens with two attached hydrogens (primary N) is 1. The van der Waals surface area contributed by atoms with Crippen LogP contribution in [0.4, 0.5) is 0 Å². The van der Waals surface area contributed by atoms with Crippen molar-refractivity contribution in [2.45, 2.75) is 30.6 Å². The molecule has 1 aromatic rings. The number of aryl methyl sites for hydroxylation is 1. The number of nitrogens with zero attached hydrogens (tertiary/aromatic N) is 2. The summed E-state index contributed by atoms with van der Waals surface area (Å²) >= 11 is 1.96. The van der Waals surface area contributed by atoms with Crippen LogP contribution in [0.25, 0.3) is 0 Å². The molecular weight excluding hydrogens is 194 g/mol. The van der Waals surface area contributed by atoms with Crippen LogP contribution in [-0.2, 0) is 17.7 Å². The Hall–Kier alpha value is -0.610. The van der Waals surface area contributed by atoms with E-state index in [2.05, 4.69) is 9.97 Å². The van der Waals surface area contributed by atoms with Crippen LogP contribution in [0.3, 0.4) is 0 Å². The molecule has 0 aromatic carbocycles. The van der Waals surface area contributed by atoms with Gasteiger partial charge in [0.1, 0.15) is 5.82 Å². The SMILES string of the molecule is NC1(c2ncc3c(n2)CCSC3)CC1. The predicted octanol–water partition coefficient (Wildman–Crippen LogP) is 1.21. The lowest BCUT2D eigenvalue weighted by Crippen LogP contribution is -2.23. The lowest BCUT2D eigenvalue weighted by atomic mass is 10.2. The number of hydrogen-bond donors (Lipinski definition) is 1. The highest BCUT2D eigenvalue weighted by molar-refractivity contribution is 7.98. The van der Waals surface area contributed by atoms with E-state index in [1.807, 2.05) is 18.0 Å². The van der Waals surface area contributed by atoms with E-state index in [0.29, 0.717) is 0 Å². The first-order chi connectivity index (χ1) is 6.78. The fraction of sp³-hybridized carbons (Fsp3) is 0.600. The summed E-state index contributed by atoms with van der Waals surface area (Å²) < 4.78 is 0. The van der Waals surface area contributed by atoms with E-state index < -0.39 is 0 Å². The van der Waals surface area contributed by atoms with Gasteiger partial charge in [0, 0.05) is 23.2 Å². The Labute approximate surface area is 87.5 Å². The molecule has 74 valence electrons. The average Bonchev–Trinajstić information content (AvgIpc) is 2.97. The monoisotopic (exact) mass is 207 g/mol. The van der Waals surface area contributed by atoms with Gasteiger partial charge in [-0.2, -0.15) is 11.8 Å². The van der Waals surface area contributed by atoms with E-state index >= 15 is 0 Å². The van der Waals surface area contributed by atoms with Gasteiger partial charge in [-0.3, -0.25) is 0 Å². The molecule has 0 bridgehead atoms. The van der Waals surface area contributed by atoms with E-state index in [9.17, 15) is 0 Å². The zero-order chi connectivity index (χ0) is 9.60. The van der Waals surface area contributed by atoms with Gasteiger partial charge in [0.05, 0.1) is 5.54 Å². The molecule has 0 amide bonds. The number of thioether (sulfide) groups is 1. The van der Waals surface area contributed by atoms with Crippen molar-refractivity contribution in [2.24, 2.45) is 5.73 Å². The molecule has 0 saturated heterocycles. The van der Waals surface area contributed by atoms with Crippen LogP contribution in [0.15, 0.2) is 6.20 Å². The molecular formula is C10H13N3S. The summed E-state index contributed by atoms with van der Waals surface area (Å²) in [4.78, 5) is 8.97. The number of rotatable bonds is 1. The van der Waals surface area contributed by atoms with Crippen molar-refractivity contribution in [3.8, 4) is 0 Å². The van der Waals surface area contributed by atoms with Crippen molar-refractivity contribution < 1.29 is 0 Å². The molecule has 14 heavy (non-hydrogen) atoms. The topological polar surface area (TPSA) is 51.8 Å². The zero-order valence-electron chi connectivity index (χ0n) is 7.99. The van der Waals surface area contributed by atoms with Gasteiger partial charge < -0.3 is 5.73 Å². The van der Waals surface area contributed by atoms with Gasteiger partial charge in [-0.15, -0.1) is 0 Å². The Morgan fingerprint density at radius 1 is 1.43 bits per heavy atom. The number of aromatic nitrogens is 2. The first-order valence-corrected chi connectivity index (χ1v) is 6.15. The average molecular weight is 207 g/mol. The first kappa shape index (κ1) is 8.68. The smallest absolute Gasteiger partial charge is 0.148 e. The molecule has 0 unspecified atom stereocenters. The minimum atomic E-state index is -0.181. The highest BCUT2D eigenvalue weighted by Gasteiger charge is 2.43. The molecule has 0 atom stereocenters. The van der Waals surface area contributed by atoms with Crippen molar-refractivity contribution in [1.29, 1.82) is 0 Å². The van der Waals surface area contributed by atoms with Crippen molar-refractivity contribution >= 4 is 11.8 Å². The Morgan fingerprint density at radius 2 is 2.29 bits per heavy atom. The summed E-state index contributed by atoms with van der Waals surface area (Å²) in [5.74, 6) is 3.11. The third kappa shape index (κ3) is 1.33. The van der Waals surface area contributed by atoms with Crippen molar-refractivity contribution in [3.63, 3.8) is 0 Å². The molecule has 2 aliphatic rings. The van der Waals surface area contributed by atoms with Gasteiger partial charge >= 0.3 is 0 Å². The second kappa shape index (κ2) is 2.94. The Kier molecular flexibility index (Phi) is 1.82. The summed E-state index contributed by atoms with van der Waals surface area (Å²) in [6.07, 6.45) is 5.13. The zero-order valence-corrected chi connectivity index (χ0v) is 8.81. The molecule has 2 heterocycles. The van der Waals surface area contributed by atoms with Crippen LogP contribution in [0, 0.1) is 0 Å². The van der Waals surface area contributed by atoms with Gasteiger partial charge in [-0.25, -0.2) is 9.97 Å². The highest BCUT2D eigenvalue weighted by atomic mass is 32.2. The van der Waals surface area contributed by atoms with E-state index in [1.54, 1.807) is 0 Å². The number of fused-ring (bicyclic) bond motifs is 1. The fourth-order valence-corrected chi connectivity index (χ4v) is 2.67. The summed E-state index contributed by atoms with van der Waals surface area (Å²) in [5, 5.41) is 0. The fourth-order valence-electron chi connectivity index (χ4n) is 1.73. The maximum absolute atomic E-state index is 6.07. The second-order valence-electron chi connectivity index (χ2n) is 4.12. The van der Waals surface area contributed by atoms with Gasteiger partial charge in [0.15, 0.2) is 0 Å². The first-order valence-electron chi connectivity index (χ1n) is 5.00. The van der Waals surface area contributed by atoms with Crippen molar-refractivity contribution in [2.75, 3.05) is 5.75 Å². The molecule has 0 radical (unpaired) electrons. The van der Waals surface area contributed by atoms with Crippen LogP contribution in [0.1, 0.15) is 29.9 Å². The molecule has 2 N–H and O–H groups in total. The van der Waals surface area contributed by atoms with E-state index in [4.69, 9.17) is 5.73 Å². The molecule has 1 fully saturated rings. The molecule has 3 rings (SSSR count). The highest BCUT2D eigenvalue weighted by Crippen LogP contribution is 2.41. The van der Waals surface area contributed by atoms with E-state index in [0.717, 1.165) is 30.8 Å². The van der Waals surface area contributed by atoms with Gasteiger partial charge in [0.25, 0.3) is 0 Å². The van der Waals surface area contributed by atoms with Crippen LogP contribution in [-0.4, -0.2) is 15.7 Å². The summed E-state index contributed by atoms with van der Waals surface area (Å²) in [6.45, 7) is 0. The quantitative estimate of drug-likeness (QED) is 0.752. The Balaban J connectivity index is 2.01. The van der Waals surface area contributed by atoms with E-state index in [-0.39, 0.29) is 5.54 Å². The maximum atomic E-state index is 6.07. The minimum Gasteiger partial charge on any atom is -0.319 e. The lowest BCUT2D eigenvalue weighted by molar-refractivity contribution is 0.660. The molecule has 4 heteroatoms. The third-order valence-electron chi connectivity index (χ3n) is 2.93. The van der Waals surface area contributed by atoms with Crippen molar-refractivity contribution in [1.82, 2.24) is 9.97 Å². The summed E-state index contributed by atoms with van der Waals surface area (Å²) in [5.41, 5.74) is 8.42. The molecule has 3 nitrogen and oxygen atoms in total. The van der Waals surface area contributed by atoms with Crippen LogP contribution in [0.5, 0.6) is 0 Å².